The minimum Gasteiger partial charge on any atom is -0.454 e. The van der Waals surface area contributed by atoms with Crippen molar-refractivity contribution in [2.45, 2.75) is 109 Å². The van der Waals surface area contributed by atoms with Crippen LogP contribution in [0, 0.1) is 11.3 Å². The first-order valence-corrected chi connectivity index (χ1v) is 11.5. The highest BCUT2D eigenvalue weighted by atomic mass is 19.4. The average molecular weight is 494 g/mol. The van der Waals surface area contributed by atoms with E-state index in [0.29, 0.717) is 6.42 Å². The van der Waals surface area contributed by atoms with Gasteiger partial charge in [-0.25, -0.2) is 4.79 Å². The second-order valence-electron chi connectivity index (χ2n) is 9.94. The van der Waals surface area contributed by atoms with Gasteiger partial charge in [0.05, 0.1) is 11.3 Å². The Hall–Kier alpha value is -1.92. The van der Waals surface area contributed by atoms with Crippen LogP contribution in [0.4, 0.5) is 13.2 Å². The summed E-state index contributed by atoms with van der Waals surface area (Å²) in [6.45, 7) is 6.05. The van der Waals surface area contributed by atoms with Gasteiger partial charge < -0.3 is 28.4 Å². The van der Waals surface area contributed by atoms with Crippen molar-refractivity contribution in [3.05, 3.63) is 0 Å². The maximum Gasteiger partial charge on any atom is 0.425 e. The van der Waals surface area contributed by atoms with Gasteiger partial charge in [0.15, 0.2) is 30.4 Å². The molecule has 0 aromatic rings. The Morgan fingerprint density at radius 3 is 2.35 bits per heavy atom. The van der Waals surface area contributed by atoms with Crippen molar-refractivity contribution in [1.29, 1.82) is 0 Å². The van der Waals surface area contributed by atoms with Crippen LogP contribution in [0.2, 0.25) is 0 Å². The van der Waals surface area contributed by atoms with Gasteiger partial charge in [-0.1, -0.05) is 6.92 Å². The van der Waals surface area contributed by atoms with Gasteiger partial charge in [0, 0.05) is 12.8 Å². The smallest absolute Gasteiger partial charge is 0.425 e. The van der Waals surface area contributed by atoms with E-state index in [4.69, 9.17) is 23.7 Å². The Kier molecular flexibility index (Phi) is 6.39. The molecule has 34 heavy (non-hydrogen) atoms. The van der Waals surface area contributed by atoms with E-state index in [1.54, 1.807) is 13.8 Å². The van der Waals surface area contributed by atoms with Crippen molar-refractivity contribution in [2.75, 3.05) is 0 Å². The summed E-state index contributed by atoms with van der Waals surface area (Å²) in [6, 6.07) is 0. The molecule has 4 aliphatic rings. The third-order valence-corrected chi connectivity index (χ3v) is 7.18. The highest BCUT2D eigenvalue weighted by Crippen LogP contribution is 2.49. The third kappa shape index (κ3) is 4.51. The lowest BCUT2D eigenvalue weighted by Gasteiger charge is -2.36. The van der Waals surface area contributed by atoms with E-state index in [-0.39, 0.29) is 25.7 Å². The SMILES string of the molecule is CCC(C)(C)C(=O)OC1C(=O)OC2C1O[C@@H]1OC3(CCC(C(=O)OC(C)C(F)(F)F)CC3)O[C@H]21. The van der Waals surface area contributed by atoms with Crippen molar-refractivity contribution < 1.29 is 56.0 Å². The zero-order valence-electron chi connectivity index (χ0n) is 19.4. The van der Waals surface area contributed by atoms with Gasteiger partial charge in [0.2, 0.25) is 6.10 Å². The van der Waals surface area contributed by atoms with Gasteiger partial charge in [-0.3, -0.25) is 9.59 Å². The van der Waals surface area contributed by atoms with E-state index in [2.05, 4.69) is 4.74 Å². The molecule has 4 unspecified atom stereocenters. The molecule has 1 aliphatic carbocycles. The number of fused-ring (bicyclic) bond motifs is 3. The summed E-state index contributed by atoms with van der Waals surface area (Å²) in [6.07, 6.45) is -9.91. The second kappa shape index (κ2) is 8.63. The normalized spacial score (nSPS) is 38.3. The molecule has 12 heteroatoms. The molecular weight excluding hydrogens is 465 g/mol. The van der Waals surface area contributed by atoms with Gasteiger partial charge >= 0.3 is 24.1 Å². The summed E-state index contributed by atoms with van der Waals surface area (Å²) >= 11 is 0. The number of carbonyl (C=O) groups is 3. The fourth-order valence-corrected chi connectivity index (χ4v) is 4.47. The third-order valence-electron chi connectivity index (χ3n) is 7.18. The molecule has 6 atom stereocenters. The molecular formula is C22H29F3O9. The predicted octanol–water partition coefficient (Wildman–Crippen LogP) is 2.78. The van der Waals surface area contributed by atoms with Crippen LogP contribution in [0.1, 0.15) is 59.8 Å². The Labute approximate surface area is 194 Å². The number of hydrogen-bond donors (Lipinski definition) is 0. The molecule has 192 valence electrons. The lowest BCUT2D eigenvalue weighted by atomic mass is 9.85. The van der Waals surface area contributed by atoms with E-state index in [1.807, 2.05) is 6.92 Å². The average Bonchev–Trinajstić information content (AvgIpc) is 3.36. The molecule has 9 nitrogen and oxygen atoms in total. The van der Waals surface area contributed by atoms with Gasteiger partial charge in [-0.15, -0.1) is 0 Å². The van der Waals surface area contributed by atoms with Crippen LogP contribution in [0.5, 0.6) is 0 Å². The van der Waals surface area contributed by atoms with Crippen molar-refractivity contribution in [1.82, 2.24) is 0 Å². The first kappa shape index (κ1) is 25.2. The molecule has 0 aromatic heterocycles. The number of ether oxygens (including phenoxy) is 6. The van der Waals surface area contributed by atoms with Crippen LogP contribution >= 0.6 is 0 Å². The molecule has 0 aromatic carbocycles. The molecule has 0 amide bonds. The Morgan fingerprint density at radius 1 is 1.12 bits per heavy atom. The minimum absolute atomic E-state index is 0.211. The van der Waals surface area contributed by atoms with E-state index < -0.39 is 78.0 Å². The fourth-order valence-electron chi connectivity index (χ4n) is 4.47. The van der Waals surface area contributed by atoms with E-state index in [0.717, 1.165) is 6.92 Å². The summed E-state index contributed by atoms with van der Waals surface area (Å²) in [7, 11) is 0. The Balaban J connectivity index is 1.33. The number of hydrogen-bond acceptors (Lipinski definition) is 9. The quantitative estimate of drug-likeness (QED) is 0.421. The monoisotopic (exact) mass is 494 g/mol. The topological polar surface area (TPSA) is 107 Å². The Bertz CT molecular complexity index is 834. The molecule has 1 saturated carbocycles. The van der Waals surface area contributed by atoms with E-state index >= 15 is 0 Å². The van der Waals surface area contributed by atoms with Gasteiger partial charge in [0.25, 0.3) is 0 Å². The first-order valence-electron chi connectivity index (χ1n) is 11.5. The summed E-state index contributed by atoms with van der Waals surface area (Å²) < 4.78 is 71.3. The summed E-state index contributed by atoms with van der Waals surface area (Å²) in [5.41, 5.74) is -0.776. The maximum atomic E-state index is 12.7. The zero-order valence-corrected chi connectivity index (χ0v) is 19.4. The van der Waals surface area contributed by atoms with Crippen LogP contribution in [0.15, 0.2) is 0 Å². The molecule has 1 spiro atoms. The number of alkyl halides is 3. The van der Waals surface area contributed by atoms with Crippen LogP contribution in [-0.4, -0.2) is 66.7 Å². The van der Waals surface area contributed by atoms with Gasteiger partial charge in [-0.05, 0) is 40.0 Å². The molecule has 3 heterocycles. The van der Waals surface area contributed by atoms with Crippen LogP contribution in [0.3, 0.4) is 0 Å². The van der Waals surface area contributed by atoms with E-state index in [1.165, 1.54) is 0 Å². The summed E-state index contributed by atoms with van der Waals surface area (Å²) in [5, 5.41) is 0. The number of esters is 3. The number of carbonyl (C=O) groups excluding carboxylic acids is 3. The molecule has 0 N–H and O–H groups in total. The molecule has 3 aliphatic heterocycles. The number of rotatable bonds is 5. The van der Waals surface area contributed by atoms with Crippen LogP contribution in [0.25, 0.3) is 0 Å². The lowest BCUT2D eigenvalue weighted by Crippen LogP contribution is -2.43. The summed E-state index contributed by atoms with van der Waals surface area (Å²) in [4.78, 5) is 36.9. The van der Waals surface area contributed by atoms with Crippen molar-refractivity contribution in [2.24, 2.45) is 11.3 Å². The zero-order chi connectivity index (χ0) is 25.1. The molecule has 4 fully saturated rings. The van der Waals surface area contributed by atoms with Crippen LogP contribution < -0.4 is 0 Å². The molecule has 3 saturated heterocycles. The van der Waals surface area contributed by atoms with Gasteiger partial charge in [0.1, 0.15) is 6.10 Å². The largest absolute Gasteiger partial charge is 0.454 e. The minimum atomic E-state index is -4.62. The fraction of sp³-hybridized carbons (Fsp3) is 0.864. The van der Waals surface area contributed by atoms with Crippen molar-refractivity contribution in [3.8, 4) is 0 Å². The number of halogens is 3. The second-order valence-corrected chi connectivity index (χ2v) is 9.94. The van der Waals surface area contributed by atoms with Crippen molar-refractivity contribution >= 4 is 17.9 Å². The first-order chi connectivity index (χ1) is 15.8. The van der Waals surface area contributed by atoms with Gasteiger partial charge in [-0.2, -0.15) is 13.2 Å². The highest BCUT2D eigenvalue weighted by molar-refractivity contribution is 5.84. The molecule has 4 rings (SSSR count). The highest BCUT2D eigenvalue weighted by Gasteiger charge is 2.66. The Morgan fingerprint density at radius 2 is 1.76 bits per heavy atom. The van der Waals surface area contributed by atoms with E-state index in [9.17, 15) is 27.6 Å². The maximum absolute atomic E-state index is 12.7. The lowest BCUT2D eigenvalue weighted by molar-refractivity contribution is -0.251. The molecule has 0 radical (unpaired) electrons. The molecule has 0 bridgehead atoms. The van der Waals surface area contributed by atoms with Crippen molar-refractivity contribution in [3.63, 3.8) is 0 Å². The standard InChI is InChI=1S/C22H29F3O9/c1-5-20(3,4)19(28)32-14-12-13(30-17(14)27)15-18(31-12)34-21(33-15)8-6-11(7-9-21)16(26)29-10(2)22(23,24)25/h10-15,18H,5-9H2,1-4H3/t10?,11?,12?,13?,14?,15-,18-,21?/m1/s1. The van der Waals surface area contributed by atoms with Crippen LogP contribution in [-0.2, 0) is 42.8 Å². The predicted molar refractivity (Wildman–Crippen MR) is 105 cm³/mol. The summed E-state index contributed by atoms with van der Waals surface area (Å²) in [5.74, 6) is -3.96.